The van der Waals surface area contributed by atoms with Crippen molar-refractivity contribution in [2.75, 3.05) is 20.1 Å². The van der Waals surface area contributed by atoms with Gasteiger partial charge in [0, 0.05) is 31.7 Å². The molecule has 2 aliphatic heterocycles. The fourth-order valence-corrected chi connectivity index (χ4v) is 3.17. The van der Waals surface area contributed by atoms with E-state index >= 15 is 0 Å². The molecule has 2 atom stereocenters. The summed E-state index contributed by atoms with van der Waals surface area (Å²) in [6.45, 7) is 3.63. The van der Waals surface area contributed by atoms with Crippen LogP contribution in [-0.4, -0.2) is 42.0 Å². The highest BCUT2D eigenvalue weighted by atomic mass is 15.3. The summed E-state index contributed by atoms with van der Waals surface area (Å²) >= 11 is 0. The number of hydrogen-bond donors (Lipinski definition) is 0. The summed E-state index contributed by atoms with van der Waals surface area (Å²) in [4.78, 5) is 5.21. The molecule has 0 amide bonds. The van der Waals surface area contributed by atoms with E-state index in [0.717, 1.165) is 18.6 Å². The monoisotopic (exact) mass is 216 g/mol. The standard InChI is InChI=1S/C14H20N2/c1-15-13-7-8-14(15)11-16(10-13)9-12-5-3-2-4-6-12/h2-6,13-14H,7-11H2,1H3/t13-,14+. The van der Waals surface area contributed by atoms with Gasteiger partial charge in [0.05, 0.1) is 0 Å². The van der Waals surface area contributed by atoms with Crippen molar-refractivity contribution in [2.45, 2.75) is 31.5 Å². The summed E-state index contributed by atoms with van der Waals surface area (Å²) in [6.07, 6.45) is 2.79. The molecule has 86 valence electrons. The molecule has 16 heavy (non-hydrogen) atoms. The molecule has 1 aromatic carbocycles. The molecule has 2 nitrogen and oxygen atoms in total. The third kappa shape index (κ3) is 1.87. The average Bonchev–Trinajstić information content (AvgIpc) is 2.54. The van der Waals surface area contributed by atoms with E-state index in [1.165, 1.54) is 31.5 Å². The maximum Gasteiger partial charge on any atom is 0.0235 e. The molecule has 0 N–H and O–H groups in total. The summed E-state index contributed by atoms with van der Waals surface area (Å²) in [6, 6.07) is 12.5. The number of hydrogen-bond acceptors (Lipinski definition) is 2. The SMILES string of the molecule is CN1[C@@H]2CC[C@H]1CN(Cc1ccccc1)C2. The Morgan fingerprint density at radius 3 is 2.31 bits per heavy atom. The third-order valence-corrected chi connectivity index (χ3v) is 4.17. The van der Waals surface area contributed by atoms with Gasteiger partial charge in [-0.1, -0.05) is 30.3 Å². The second kappa shape index (κ2) is 4.19. The van der Waals surface area contributed by atoms with Gasteiger partial charge in [-0.05, 0) is 25.5 Å². The van der Waals surface area contributed by atoms with Crippen molar-refractivity contribution in [3.8, 4) is 0 Å². The molecule has 0 aromatic heterocycles. The van der Waals surface area contributed by atoms with Crippen LogP contribution < -0.4 is 0 Å². The number of benzene rings is 1. The minimum Gasteiger partial charge on any atom is -0.298 e. The van der Waals surface area contributed by atoms with E-state index in [4.69, 9.17) is 0 Å². The molecule has 2 aliphatic rings. The Morgan fingerprint density at radius 1 is 1.06 bits per heavy atom. The van der Waals surface area contributed by atoms with Crippen LogP contribution >= 0.6 is 0 Å². The average molecular weight is 216 g/mol. The minimum atomic E-state index is 0.808. The van der Waals surface area contributed by atoms with Gasteiger partial charge < -0.3 is 0 Å². The molecule has 3 rings (SSSR count). The van der Waals surface area contributed by atoms with E-state index in [9.17, 15) is 0 Å². The van der Waals surface area contributed by atoms with Gasteiger partial charge in [0.25, 0.3) is 0 Å². The van der Waals surface area contributed by atoms with Crippen LogP contribution in [0.5, 0.6) is 0 Å². The van der Waals surface area contributed by atoms with Crippen LogP contribution in [0.1, 0.15) is 18.4 Å². The van der Waals surface area contributed by atoms with Crippen LogP contribution in [0.4, 0.5) is 0 Å². The molecule has 2 heterocycles. The molecule has 2 saturated heterocycles. The Kier molecular flexibility index (Phi) is 2.70. The topological polar surface area (TPSA) is 6.48 Å². The molecular weight excluding hydrogens is 196 g/mol. The Balaban J connectivity index is 1.66. The Morgan fingerprint density at radius 2 is 1.69 bits per heavy atom. The molecule has 0 saturated carbocycles. The van der Waals surface area contributed by atoms with Gasteiger partial charge in [-0.25, -0.2) is 0 Å². The first-order chi connectivity index (χ1) is 7.83. The lowest BCUT2D eigenvalue weighted by atomic mass is 10.1. The van der Waals surface area contributed by atoms with E-state index in [1.54, 1.807) is 0 Å². The quantitative estimate of drug-likeness (QED) is 0.745. The van der Waals surface area contributed by atoms with Crippen molar-refractivity contribution < 1.29 is 0 Å². The van der Waals surface area contributed by atoms with Gasteiger partial charge >= 0.3 is 0 Å². The summed E-state index contributed by atoms with van der Waals surface area (Å²) in [7, 11) is 2.29. The number of rotatable bonds is 2. The van der Waals surface area contributed by atoms with Gasteiger partial charge in [0.15, 0.2) is 0 Å². The zero-order valence-corrected chi connectivity index (χ0v) is 9.97. The van der Waals surface area contributed by atoms with Crippen LogP contribution in [0.2, 0.25) is 0 Å². The second-order valence-corrected chi connectivity index (χ2v) is 5.23. The van der Waals surface area contributed by atoms with Crippen molar-refractivity contribution >= 4 is 0 Å². The Bertz CT molecular complexity index is 335. The second-order valence-electron chi connectivity index (χ2n) is 5.23. The van der Waals surface area contributed by atoms with Crippen LogP contribution in [0.15, 0.2) is 30.3 Å². The van der Waals surface area contributed by atoms with Crippen molar-refractivity contribution in [1.82, 2.24) is 9.80 Å². The summed E-state index contributed by atoms with van der Waals surface area (Å²) in [5, 5.41) is 0. The van der Waals surface area contributed by atoms with Gasteiger partial charge in [-0.2, -0.15) is 0 Å². The number of piperazine rings is 1. The molecule has 1 aromatic rings. The molecule has 0 unspecified atom stereocenters. The van der Waals surface area contributed by atoms with Crippen molar-refractivity contribution in [3.63, 3.8) is 0 Å². The number of fused-ring (bicyclic) bond motifs is 2. The third-order valence-electron chi connectivity index (χ3n) is 4.17. The summed E-state index contributed by atoms with van der Waals surface area (Å²) < 4.78 is 0. The van der Waals surface area contributed by atoms with Crippen molar-refractivity contribution in [2.24, 2.45) is 0 Å². The van der Waals surface area contributed by atoms with Crippen LogP contribution in [0.3, 0.4) is 0 Å². The highest BCUT2D eigenvalue weighted by molar-refractivity contribution is 5.15. The predicted octanol–water partition coefficient (Wildman–Crippen LogP) is 1.96. The molecule has 0 radical (unpaired) electrons. The fraction of sp³-hybridized carbons (Fsp3) is 0.571. The van der Waals surface area contributed by atoms with E-state index < -0.39 is 0 Å². The normalized spacial score (nSPS) is 30.8. The first-order valence-corrected chi connectivity index (χ1v) is 6.31. The fourth-order valence-electron chi connectivity index (χ4n) is 3.17. The van der Waals surface area contributed by atoms with E-state index in [1.807, 2.05) is 0 Å². The number of likely N-dealkylation sites (tertiary alicyclic amines) is 1. The van der Waals surface area contributed by atoms with Gasteiger partial charge in [0.2, 0.25) is 0 Å². The minimum absolute atomic E-state index is 0.808. The number of likely N-dealkylation sites (N-methyl/N-ethyl adjacent to an activating group) is 1. The first kappa shape index (κ1) is 10.3. The molecule has 0 aliphatic carbocycles. The number of nitrogens with zero attached hydrogens (tertiary/aromatic N) is 2. The molecule has 2 bridgehead atoms. The molecule has 0 spiro atoms. The Hall–Kier alpha value is -0.860. The predicted molar refractivity (Wildman–Crippen MR) is 66.3 cm³/mol. The molecular formula is C14H20N2. The zero-order chi connectivity index (χ0) is 11.0. The highest BCUT2D eigenvalue weighted by Crippen LogP contribution is 2.28. The largest absolute Gasteiger partial charge is 0.298 e. The maximum atomic E-state index is 2.62. The van der Waals surface area contributed by atoms with E-state index in [0.29, 0.717) is 0 Å². The Labute approximate surface area is 97.9 Å². The lowest BCUT2D eigenvalue weighted by Crippen LogP contribution is -2.51. The van der Waals surface area contributed by atoms with Gasteiger partial charge in [0.1, 0.15) is 0 Å². The smallest absolute Gasteiger partial charge is 0.0235 e. The zero-order valence-electron chi connectivity index (χ0n) is 9.97. The summed E-state index contributed by atoms with van der Waals surface area (Å²) in [5.74, 6) is 0. The highest BCUT2D eigenvalue weighted by Gasteiger charge is 2.36. The maximum absolute atomic E-state index is 2.62. The van der Waals surface area contributed by atoms with Crippen LogP contribution in [0.25, 0.3) is 0 Å². The summed E-state index contributed by atoms with van der Waals surface area (Å²) in [5.41, 5.74) is 1.45. The molecule has 2 heteroatoms. The van der Waals surface area contributed by atoms with Gasteiger partial charge in [-0.15, -0.1) is 0 Å². The van der Waals surface area contributed by atoms with Gasteiger partial charge in [-0.3, -0.25) is 9.80 Å². The molecule has 2 fully saturated rings. The van der Waals surface area contributed by atoms with Crippen LogP contribution in [-0.2, 0) is 6.54 Å². The van der Waals surface area contributed by atoms with Crippen molar-refractivity contribution in [3.05, 3.63) is 35.9 Å². The van der Waals surface area contributed by atoms with E-state index in [2.05, 4.69) is 47.2 Å². The lowest BCUT2D eigenvalue weighted by Gasteiger charge is -2.38. The lowest BCUT2D eigenvalue weighted by molar-refractivity contribution is 0.0837. The van der Waals surface area contributed by atoms with Crippen LogP contribution in [0, 0.1) is 0 Å². The first-order valence-electron chi connectivity index (χ1n) is 6.31. The van der Waals surface area contributed by atoms with Crippen molar-refractivity contribution in [1.29, 1.82) is 0 Å². The van der Waals surface area contributed by atoms with E-state index in [-0.39, 0.29) is 0 Å².